The lowest BCUT2D eigenvalue weighted by molar-refractivity contribution is -0.141. The van der Waals surface area contributed by atoms with Crippen molar-refractivity contribution >= 4 is 11.8 Å². The summed E-state index contributed by atoms with van der Waals surface area (Å²) in [6.45, 7) is 5.80. The summed E-state index contributed by atoms with van der Waals surface area (Å²) in [6, 6.07) is 6.37. The van der Waals surface area contributed by atoms with Crippen molar-refractivity contribution in [3.63, 3.8) is 0 Å². The van der Waals surface area contributed by atoms with Gasteiger partial charge in [0.2, 0.25) is 11.8 Å². The van der Waals surface area contributed by atoms with E-state index in [1.165, 1.54) is 16.7 Å². The van der Waals surface area contributed by atoms with Gasteiger partial charge in [-0.3, -0.25) is 9.59 Å². The number of piperazine rings is 1. The third-order valence-electron chi connectivity index (χ3n) is 4.03. The van der Waals surface area contributed by atoms with Crippen molar-refractivity contribution in [3.05, 3.63) is 34.9 Å². The van der Waals surface area contributed by atoms with Crippen molar-refractivity contribution < 1.29 is 14.7 Å². The number of nitrogens with zero attached hydrogens (tertiary/aromatic N) is 2. The first-order chi connectivity index (χ1) is 10.5. The van der Waals surface area contributed by atoms with Crippen molar-refractivity contribution in [1.29, 1.82) is 0 Å². The fourth-order valence-corrected chi connectivity index (χ4v) is 2.93. The van der Waals surface area contributed by atoms with E-state index >= 15 is 0 Å². The Balaban J connectivity index is 1.82. The van der Waals surface area contributed by atoms with Crippen LogP contribution in [0.15, 0.2) is 18.2 Å². The number of carbonyl (C=O) groups is 2. The van der Waals surface area contributed by atoms with Gasteiger partial charge in [-0.05, 0) is 25.8 Å². The Morgan fingerprint density at radius 2 is 1.45 bits per heavy atom. The molecular formula is C17H24N2O3. The molecule has 1 fully saturated rings. The van der Waals surface area contributed by atoms with Gasteiger partial charge in [0.15, 0.2) is 0 Å². The third kappa shape index (κ3) is 4.31. The Bertz CT molecular complexity index is 529. The van der Waals surface area contributed by atoms with Gasteiger partial charge in [-0.1, -0.05) is 29.3 Å². The van der Waals surface area contributed by atoms with Gasteiger partial charge in [0.05, 0.1) is 0 Å². The highest BCUT2D eigenvalue weighted by Gasteiger charge is 2.23. The predicted octanol–water partition coefficient (Wildman–Crippen LogP) is 0.899. The summed E-state index contributed by atoms with van der Waals surface area (Å²) in [6.07, 6.45) is 1.24. The molecule has 120 valence electrons. The third-order valence-corrected chi connectivity index (χ3v) is 4.03. The molecule has 2 rings (SSSR count). The minimum absolute atomic E-state index is 0.134. The standard InChI is InChI=1S/C17H24N2O3/c1-13-9-14(2)11-15(10-13)3-4-16(21)18-5-7-19(8-6-18)17(22)12-20/h9-11,20H,3-8,12H2,1-2H3. The maximum atomic E-state index is 12.3. The maximum Gasteiger partial charge on any atom is 0.248 e. The van der Waals surface area contributed by atoms with E-state index in [4.69, 9.17) is 5.11 Å². The predicted molar refractivity (Wildman–Crippen MR) is 84.5 cm³/mol. The van der Waals surface area contributed by atoms with Crippen LogP contribution in [-0.4, -0.2) is 59.5 Å². The van der Waals surface area contributed by atoms with E-state index in [-0.39, 0.29) is 11.8 Å². The lowest BCUT2D eigenvalue weighted by Gasteiger charge is -2.34. The van der Waals surface area contributed by atoms with Crippen LogP contribution in [0.1, 0.15) is 23.1 Å². The summed E-state index contributed by atoms with van der Waals surface area (Å²) < 4.78 is 0. The molecular weight excluding hydrogens is 280 g/mol. The highest BCUT2D eigenvalue weighted by Crippen LogP contribution is 2.12. The molecule has 0 aliphatic carbocycles. The Labute approximate surface area is 131 Å². The van der Waals surface area contributed by atoms with Crippen molar-refractivity contribution in [2.24, 2.45) is 0 Å². The normalized spacial score (nSPS) is 15.0. The summed E-state index contributed by atoms with van der Waals surface area (Å²) >= 11 is 0. The molecule has 1 aromatic rings. The van der Waals surface area contributed by atoms with Crippen LogP contribution in [0, 0.1) is 13.8 Å². The molecule has 0 unspecified atom stereocenters. The van der Waals surface area contributed by atoms with Crippen molar-refractivity contribution in [2.75, 3.05) is 32.8 Å². The molecule has 1 heterocycles. The number of aryl methyl sites for hydroxylation is 3. The van der Waals surface area contributed by atoms with Crippen LogP contribution in [0.25, 0.3) is 0 Å². The van der Waals surface area contributed by atoms with Gasteiger partial charge in [-0.15, -0.1) is 0 Å². The lowest BCUT2D eigenvalue weighted by Crippen LogP contribution is -2.51. The number of hydrogen-bond donors (Lipinski definition) is 1. The Morgan fingerprint density at radius 3 is 1.95 bits per heavy atom. The molecule has 5 nitrogen and oxygen atoms in total. The maximum absolute atomic E-state index is 12.3. The first kappa shape index (κ1) is 16.5. The van der Waals surface area contributed by atoms with Gasteiger partial charge >= 0.3 is 0 Å². The zero-order valence-corrected chi connectivity index (χ0v) is 13.3. The number of rotatable bonds is 4. The molecule has 1 saturated heterocycles. The lowest BCUT2D eigenvalue weighted by atomic mass is 10.0. The number of benzene rings is 1. The number of aliphatic hydroxyl groups is 1. The SMILES string of the molecule is Cc1cc(C)cc(CCC(=O)N2CCN(C(=O)CO)CC2)c1. The fraction of sp³-hybridized carbons (Fsp3) is 0.529. The molecule has 0 spiro atoms. The summed E-state index contributed by atoms with van der Waals surface area (Å²) in [7, 11) is 0. The molecule has 0 saturated carbocycles. The molecule has 2 amide bonds. The Hall–Kier alpha value is -1.88. The van der Waals surface area contributed by atoms with E-state index in [1.54, 1.807) is 4.90 Å². The second-order valence-electron chi connectivity index (χ2n) is 5.92. The van der Waals surface area contributed by atoms with Crippen LogP contribution >= 0.6 is 0 Å². The first-order valence-corrected chi connectivity index (χ1v) is 7.73. The molecule has 0 aromatic heterocycles. The van der Waals surface area contributed by atoms with E-state index in [0.29, 0.717) is 32.6 Å². The van der Waals surface area contributed by atoms with Gasteiger partial charge in [0.1, 0.15) is 6.61 Å². The van der Waals surface area contributed by atoms with Gasteiger partial charge in [0.25, 0.3) is 0 Å². The molecule has 1 aromatic carbocycles. The van der Waals surface area contributed by atoms with E-state index in [2.05, 4.69) is 32.0 Å². The fourth-order valence-electron chi connectivity index (χ4n) is 2.93. The molecule has 22 heavy (non-hydrogen) atoms. The van der Waals surface area contributed by atoms with E-state index in [1.807, 2.05) is 4.90 Å². The highest BCUT2D eigenvalue weighted by molar-refractivity contribution is 5.79. The van der Waals surface area contributed by atoms with E-state index < -0.39 is 6.61 Å². The number of carbonyl (C=O) groups excluding carboxylic acids is 2. The number of aliphatic hydroxyl groups excluding tert-OH is 1. The van der Waals surface area contributed by atoms with Crippen molar-refractivity contribution in [3.8, 4) is 0 Å². The van der Waals surface area contributed by atoms with Gasteiger partial charge in [-0.2, -0.15) is 0 Å². The largest absolute Gasteiger partial charge is 0.387 e. The minimum Gasteiger partial charge on any atom is -0.387 e. The van der Waals surface area contributed by atoms with Gasteiger partial charge in [0, 0.05) is 32.6 Å². The summed E-state index contributed by atoms with van der Waals surface area (Å²) in [4.78, 5) is 27.1. The molecule has 0 radical (unpaired) electrons. The topological polar surface area (TPSA) is 60.9 Å². The van der Waals surface area contributed by atoms with E-state index in [9.17, 15) is 9.59 Å². The van der Waals surface area contributed by atoms with Crippen LogP contribution < -0.4 is 0 Å². The molecule has 0 bridgehead atoms. The average molecular weight is 304 g/mol. The van der Waals surface area contributed by atoms with Crippen molar-refractivity contribution in [1.82, 2.24) is 9.80 Å². The van der Waals surface area contributed by atoms with Crippen molar-refractivity contribution in [2.45, 2.75) is 26.7 Å². The monoisotopic (exact) mass is 304 g/mol. The molecule has 1 aliphatic rings. The highest BCUT2D eigenvalue weighted by atomic mass is 16.3. The zero-order chi connectivity index (χ0) is 16.1. The quantitative estimate of drug-likeness (QED) is 0.899. The average Bonchev–Trinajstić information content (AvgIpc) is 2.51. The van der Waals surface area contributed by atoms with E-state index in [0.717, 1.165) is 6.42 Å². The summed E-state index contributed by atoms with van der Waals surface area (Å²) in [5, 5.41) is 8.85. The smallest absolute Gasteiger partial charge is 0.248 e. The van der Waals surface area contributed by atoms with Crippen LogP contribution in [0.2, 0.25) is 0 Å². The summed E-state index contributed by atoms with van der Waals surface area (Å²) in [5.74, 6) is -0.127. The molecule has 1 aliphatic heterocycles. The number of hydrogen-bond acceptors (Lipinski definition) is 3. The zero-order valence-electron chi connectivity index (χ0n) is 13.3. The van der Waals surface area contributed by atoms with Crippen LogP contribution in [-0.2, 0) is 16.0 Å². The molecule has 5 heteroatoms. The second-order valence-corrected chi connectivity index (χ2v) is 5.92. The van der Waals surface area contributed by atoms with Crippen LogP contribution in [0.4, 0.5) is 0 Å². The number of amides is 2. The second kappa shape index (κ2) is 7.40. The summed E-state index contributed by atoms with van der Waals surface area (Å²) in [5.41, 5.74) is 3.64. The minimum atomic E-state index is -0.458. The van der Waals surface area contributed by atoms with Crippen LogP contribution in [0.3, 0.4) is 0 Å². The Morgan fingerprint density at radius 1 is 0.955 bits per heavy atom. The molecule has 1 N–H and O–H groups in total. The Kier molecular flexibility index (Phi) is 5.55. The van der Waals surface area contributed by atoms with Gasteiger partial charge in [-0.25, -0.2) is 0 Å². The van der Waals surface area contributed by atoms with Crippen LogP contribution in [0.5, 0.6) is 0 Å². The first-order valence-electron chi connectivity index (χ1n) is 7.73. The molecule has 0 atom stereocenters. The van der Waals surface area contributed by atoms with Gasteiger partial charge < -0.3 is 14.9 Å².